The monoisotopic (exact) mass is 528 g/mol. The fourth-order valence-corrected chi connectivity index (χ4v) is 5.72. The van der Waals surface area contributed by atoms with Crippen molar-refractivity contribution in [1.29, 1.82) is 0 Å². The number of rotatable bonds is 6. The molecule has 8 nitrogen and oxygen atoms in total. The summed E-state index contributed by atoms with van der Waals surface area (Å²) in [5, 5.41) is 0.135. The van der Waals surface area contributed by atoms with E-state index < -0.39 is 40.7 Å². The topological polar surface area (TPSA) is 107 Å². The highest BCUT2D eigenvalue weighted by Crippen LogP contribution is 2.66. The van der Waals surface area contributed by atoms with E-state index in [9.17, 15) is 26.7 Å². The first-order valence-corrected chi connectivity index (χ1v) is 11.4. The molecule has 0 unspecified atom stereocenters. The number of hydrogen-bond donors (Lipinski definition) is 1. The van der Waals surface area contributed by atoms with E-state index in [4.69, 9.17) is 5.73 Å². The number of fused-ring (bicyclic) bond motifs is 1. The first kappa shape index (κ1) is 25.8. The second kappa shape index (κ2) is 8.98. The molecule has 1 aliphatic heterocycles. The Kier molecular flexibility index (Phi) is 6.43. The molecule has 0 radical (unpaired) electrons. The zero-order chi connectivity index (χ0) is 26.5. The quantitative estimate of drug-likeness (QED) is 0.452. The Balaban J connectivity index is 1.61. The number of aliphatic imine (C=N–C) groups is 1. The van der Waals surface area contributed by atoms with Gasteiger partial charge < -0.3 is 15.4 Å². The fraction of sp³-hybridized carbons (Fsp3) is 0.409. The van der Waals surface area contributed by atoms with E-state index in [2.05, 4.69) is 24.7 Å². The summed E-state index contributed by atoms with van der Waals surface area (Å²) in [5.41, 5.74) is 4.76. The van der Waals surface area contributed by atoms with Gasteiger partial charge in [0.2, 0.25) is 17.7 Å². The molecule has 0 aromatic carbocycles. The minimum Gasteiger partial charge on any atom is -0.467 e. The number of halogens is 5. The molecule has 4 rings (SSSR count). The highest BCUT2D eigenvalue weighted by atomic mass is 32.2. The van der Waals surface area contributed by atoms with Crippen molar-refractivity contribution in [1.82, 2.24) is 19.9 Å². The van der Waals surface area contributed by atoms with Crippen molar-refractivity contribution < 1.29 is 31.5 Å². The molecule has 14 heteroatoms. The average molecular weight is 529 g/mol. The number of pyridine rings is 1. The number of nitrogens with two attached hydrogens (primary N) is 1. The van der Waals surface area contributed by atoms with Gasteiger partial charge in [0, 0.05) is 31.8 Å². The number of carbonyl (C=O) groups is 1. The van der Waals surface area contributed by atoms with Crippen LogP contribution in [0.4, 0.5) is 22.0 Å². The van der Waals surface area contributed by atoms with Crippen LogP contribution in [-0.2, 0) is 10.3 Å². The van der Waals surface area contributed by atoms with Gasteiger partial charge in [0.15, 0.2) is 17.6 Å². The summed E-state index contributed by atoms with van der Waals surface area (Å²) in [6.45, 7) is 0.0973. The molecular formula is C22H21F5N6O2S. The van der Waals surface area contributed by atoms with Gasteiger partial charge in [-0.15, -0.1) is 0 Å². The third-order valence-corrected chi connectivity index (χ3v) is 7.23. The SMILES string of the molecule is CN(C)C(=O)[C@]12C[C@H]1[C@@](C)(c1cc(/C=C(\F)c3cnc(OCC(F)(F)F)cn3)cnc1F)N=C(N)S2. The van der Waals surface area contributed by atoms with Crippen molar-refractivity contribution in [2.24, 2.45) is 16.6 Å². The van der Waals surface area contributed by atoms with Gasteiger partial charge in [-0.2, -0.15) is 17.6 Å². The lowest BCUT2D eigenvalue weighted by Crippen LogP contribution is -2.43. The molecule has 1 amide bonds. The van der Waals surface area contributed by atoms with Crippen LogP contribution in [0.25, 0.3) is 11.9 Å². The average Bonchev–Trinajstić information content (AvgIpc) is 3.54. The molecule has 1 saturated carbocycles. The number of thioether (sulfide) groups is 1. The molecule has 2 N–H and O–H groups in total. The molecule has 0 bridgehead atoms. The molecule has 0 spiro atoms. The highest BCUT2D eigenvalue weighted by Gasteiger charge is 2.71. The van der Waals surface area contributed by atoms with Crippen LogP contribution in [0.1, 0.15) is 30.2 Å². The zero-order valence-corrected chi connectivity index (χ0v) is 20.1. The number of amidine groups is 1. The number of alkyl halides is 3. The molecule has 0 saturated heterocycles. The van der Waals surface area contributed by atoms with Crippen molar-refractivity contribution in [3.05, 3.63) is 47.4 Å². The highest BCUT2D eigenvalue weighted by molar-refractivity contribution is 8.15. The molecule has 1 fully saturated rings. The molecule has 2 aromatic heterocycles. The van der Waals surface area contributed by atoms with E-state index in [-0.39, 0.29) is 33.8 Å². The maximum Gasteiger partial charge on any atom is 0.422 e. The van der Waals surface area contributed by atoms with Crippen LogP contribution in [0, 0.1) is 11.9 Å². The Bertz CT molecular complexity index is 1250. The molecule has 3 heterocycles. The summed E-state index contributed by atoms with van der Waals surface area (Å²) in [5.74, 6) is -2.65. The number of aromatic nitrogens is 3. The third kappa shape index (κ3) is 4.86. The maximum absolute atomic E-state index is 14.9. The minimum absolute atomic E-state index is 0.0488. The Morgan fingerprint density at radius 2 is 2.00 bits per heavy atom. The molecule has 1 aliphatic carbocycles. The lowest BCUT2D eigenvalue weighted by molar-refractivity contribution is -0.154. The Labute approximate surface area is 206 Å². The number of carbonyl (C=O) groups excluding carboxylic acids is 1. The molecular weight excluding hydrogens is 507 g/mol. The van der Waals surface area contributed by atoms with Crippen LogP contribution in [0.3, 0.4) is 0 Å². The van der Waals surface area contributed by atoms with Crippen molar-refractivity contribution in [2.75, 3.05) is 20.7 Å². The summed E-state index contributed by atoms with van der Waals surface area (Å²) in [7, 11) is 3.25. The molecule has 2 aliphatic rings. The lowest BCUT2D eigenvalue weighted by atomic mass is 9.86. The number of ether oxygens (including phenoxy) is 1. The largest absolute Gasteiger partial charge is 0.467 e. The van der Waals surface area contributed by atoms with Crippen LogP contribution in [0.2, 0.25) is 0 Å². The van der Waals surface area contributed by atoms with Gasteiger partial charge in [-0.3, -0.25) is 9.79 Å². The van der Waals surface area contributed by atoms with Crippen LogP contribution in [0.15, 0.2) is 29.6 Å². The summed E-state index contributed by atoms with van der Waals surface area (Å²) < 4.78 is 70.1. The number of hydrogen-bond acceptors (Lipinski definition) is 8. The molecule has 3 atom stereocenters. The fourth-order valence-electron chi connectivity index (χ4n) is 4.22. The summed E-state index contributed by atoms with van der Waals surface area (Å²) >= 11 is 1.15. The van der Waals surface area contributed by atoms with Crippen molar-refractivity contribution in [3.8, 4) is 5.88 Å². The van der Waals surface area contributed by atoms with E-state index in [1.54, 1.807) is 21.0 Å². The van der Waals surface area contributed by atoms with Crippen LogP contribution in [0.5, 0.6) is 5.88 Å². The maximum atomic E-state index is 14.9. The second-order valence-electron chi connectivity index (χ2n) is 8.79. The van der Waals surface area contributed by atoms with Gasteiger partial charge in [0.25, 0.3) is 0 Å². The van der Waals surface area contributed by atoms with Gasteiger partial charge in [0.1, 0.15) is 10.4 Å². The van der Waals surface area contributed by atoms with Gasteiger partial charge in [-0.25, -0.2) is 19.3 Å². The summed E-state index contributed by atoms with van der Waals surface area (Å²) in [6.07, 6.45) is -0.231. The Morgan fingerprint density at radius 3 is 2.61 bits per heavy atom. The summed E-state index contributed by atoms with van der Waals surface area (Å²) in [6, 6.07) is 1.37. The van der Waals surface area contributed by atoms with E-state index in [0.29, 0.717) is 6.42 Å². The van der Waals surface area contributed by atoms with Crippen LogP contribution in [-0.4, -0.2) is 62.6 Å². The first-order chi connectivity index (χ1) is 16.7. The Morgan fingerprint density at radius 1 is 1.28 bits per heavy atom. The van der Waals surface area contributed by atoms with Gasteiger partial charge >= 0.3 is 6.18 Å². The summed E-state index contributed by atoms with van der Waals surface area (Å²) in [4.78, 5) is 29.8. The van der Waals surface area contributed by atoms with E-state index in [1.165, 1.54) is 11.0 Å². The normalized spacial score (nSPS) is 25.6. The predicted octanol–water partition coefficient (Wildman–Crippen LogP) is 3.54. The molecule has 36 heavy (non-hydrogen) atoms. The predicted molar refractivity (Wildman–Crippen MR) is 123 cm³/mol. The third-order valence-electron chi connectivity index (χ3n) is 5.94. The molecule has 2 aromatic rings. The van der Waals surface area contributed by atoms with Crippen LogP contribution >= 0.6 is 11.8 Å². The smallest absolute Gasteiger partial charge is 0.422 e. The van der Waals surface area contributed by atoms with E-state index >= 15 is 0 Å². The number of nitrogens with zero attached hydrogens (tertiary/aromatic N) is 5. The number of amides is 1. The Hall–Kier alpha value is -3.29. The first-order valence-electron chi connectivity index (χ1n) is 10.6. The van der Waals surface area contributed by atoms with Crippen LogP contribution < -0.4 is 10.5 Å². The van der Waals surface area contributed by atoms with Crippen molar-refractivity contribution in [3.63, 3.8) is 0 Å². The van der Waals surface area contributed by atoms with Gasteiger partial charge in [0.05, 0.1) is 17.9 Å². The van der Waals surface area contributed by atoms with Crippen molar-refractivity contribution in [2.45, 2.75) is 29.8 Å². The molecule has 192 valence electrons. The minimum atomic E-state index is -4.55. The zero-order valence-electron chi connectivity index (χ0n) is 19.3. The standard InChI is InChI=1S/C22H21F5N6O2S/c1-20(15-6-21(15,18(34)33(2)3)36-19(28)32-20)12-4-11(7-31-17(12)24)5-13(23)14-8-30-16(9-29-14)35-10-22(25,26)27/h4-5,7-9,15H,6,10H2,1-3H3,(H2,28,32)/b13-5-/t15-,20+,21-/m0/s1. The lowest BCUT2D eigenvalue weighted by Gasteiger charge is -2.34. The van der Waals surface area contributed by atoms with E-state index in [1.807, 2.05) is 0 Å². The van der Waals surface area contributed by atoms with Gasteiger partial charge in [-0.1, -0.05) is 11.8 Å². The second-order valence-corrected chi connectivity index (χ2v) is 10.1. The van der Waals surface area contributed by atoms with Crippen molar-refractivity contribution >= 4 is 34.7 Å². The van der Waals surface area contributed by atoms with E-state index in [0.717, 1.165) is 36.4 Å². The van der Waals surface area contributed by atoms with Gasteiger partial charge in [-0.05, 0) is 31.1 Å².